The molecule has 1 aromatic carbocycles. The molecule has 0 spiro atoms. The van der Waals surface area contributed by atoms with Crippen molar-refractivity contribution in [2.45, 2.75) is 45.1 Å². The van der Waals surface area contributed by atoms with E-state index in [0.717, 1.165) is 0 Å². The minimum atomic E-state index is -0.613. The molecule has 2 unspecified atom stereocenters. The topological polar surface area (TPSA) is 113 Å². The van der Waals surface area contributed by atoms with Crippen LogP contribution in [-0.2, 0) is 0 Å². The van der Waals surface area contributed by atoms with Gasteiger partial charge in [0.05, 0.1) is 29.5 Å². The summed E-state index contributed by atoms with van der Waals surface area (Å²) in [6.07, 6.45) is 0.682. The number of aliphatic hydroxyl groups is 1. The molecule has 3 aromatic rings. The molecule has 1 aliphatic heterocycles. The first kappa shape index (κ1) is 18.6. The molecule has 4 rings (SSSR count). The van der Waals surface area contributed by atoms with Gasteiger partial charge in [-0.15, -0.1) is 0 Å². The molecule has 9 heteroatoms. The number of hydrogen-bond donors (Lipinski definition) is 3. The Morgan fingerprint density at radius 2 is 2.11 bits per heavy atom. The number of nitrogens with one attached hydrogen (secondary N) is 1. The van der Waals surface area contributed by atoms with E-state index in [-0.39, 0.29) is 23.9 Å². The second-order valence-corrected chi connectivity index (χ2v) is 7.37. The van der Waals surface area contributed by atoms with Gasteiger partial charge in [-0.25, -0.2) is 14.4 Å². The van der Waals surface area contributed by atoms with Crippen LogP contribution in [0.25, 0.3) is 22.3 Å². The van der Waals surface area contributed by atoms with Crippen molar-refractivity contribution in [2.24, 2.45) is 5.73 Å². The predicted octanol–water partition coefficient (Wildman–Crippen LogP) is 1.84. The number of aromatic nitrogens is 4. The molecule has 0 bridgehead atoms. The van der Waals surface area contributed by atoms with Gasteiger partial charge in [-0.2, -0.15) is 5.10 Å². The lowest BCUT2D eigenvalue weighted by atomic mass is 10.1. The Labute approximate surface area is 161 Å². The van der Waals surface area contributed by atoms with Crippen LogP contribution in [0.15, 0.2) is 24.5 Å². The van der Waals surface area contributed by atoms with Crippen LogP contribution < -0.4 is 15.4 Å². The van der Waals surface area contributed by atoms with Crippen LogP contribution in [0.3, 0.4) is 0 Å². The second-order valence-electron chi connectivity index (χ2n) is 7.37. The number of aromatic amines is 1. The van der Waals surface area contributed by atoms with Crippen molar-refractivity contribution in [2.75, 3.05) is 11.4 Å². The molecule has 148 valence electrons. The number of nitrogens with zero attached hydrogens (tertiary/aromatic N) is 4. The highest BCUT2D eigenvalue weighted by molar-refractivity contribution is 5.93. The van der Waals surface area contributed by atoms with E-state index in [9.17, 15) is 9.50 Å². The number of aliphatic hydroxyl groups excluding tert-OH is 1. The predicted molar refractivity (Wildman–Crippen MR) is 104 cm³/mol. The maximum atomic E-state index is 14.2. The number of anilines is 1. The Hall–Kier alpha value is -2.78. The average Bonchev–Trinajstić information content (AvgIpc) is 3.17. The summed E-state index contributed by atoms with van der Waals surface area (Å²) in [5.74, 6) is 0.372. The molecule has 1 fully saturated rings. The van der Waals surface area contributed by atoms with Crippen LogP contribution in [-0.4, -0.2) is 56.1 Å². The first-order chi connectivity index (χ1) is 13.3. The molecule has 0 amide bonds. The number of rotatable bonds is 4. The quantitative estimate of drug-likeness (QED) is 0.627. The average molecular weight is 386 g/mol. The fraction of sp³-hybridized carbons (Fsp3) is 0.421. The van der Waals surface area contributed by atoms with Gasteiger partial charge >= 0.3 is 0 Å². The molecule has 0 saturated carbocycles. The van der Waals surface area contributed by atoms with Crippen LogP contribution in [0.1, 0.15) is 20.8 Å². The summed E-state index contributed by atoms with van der Waals surface area (Å²) in [5.41, 5.74) is 7.73. The Morgan fingerprint density at radius 1 is 1.32 bits per heavy atom. The standard InChI is InChI=1S/C19H23FN6O2/c1-9(2)28-16-4-11-13(5-12(16)20)24-25-19(11)14-6-17(23-8-22-14)26-7-15(27)18(21)10(26)3/h4-6,8-10,15,18,27H,7,21H2,1-3H3,(H,24,25)/t10?,15?,18-/m0/s1. The number of H-pyrrole nitrogens is 1. The number of halogens is 1. The molecule has 1 aliphatic rings. The first-order valence-electron chi connectivity index (χ1n) is 9.22. The van der Waals surface area contributed by atoms with E-state index in [1.54, 1.807) is 12.1 Å². The summed E-state index contributed by atoms with van der Waals surface area (Å²) >= 11 is 0. The van der Waals surface area contributed by atoms with Gasteiger partial charge < -0.3 is 20.5 Å². The van der Waals surface area contributed by atoms with E-state index in [4.69, 9.17) is 10.5 Å². The van der Waals surface area contributed by atoms with Gasteiger partial charge in [0.1, 0.15) is 17.8 Å². The van der Waals surface area contributed by atoms with Crippen LogP contribution >= 0.6 is 0 Å². The monoisotopic (exact) mass is 386 g/mol. The number of benzene rings is 1. The zero-order chi connectivity index (χ0) is 20.0. The highest BCUT2D eigenvalue weighted by atomic mass is 19.1. The van der Waals surface area contributed by atoms with Crippen molar-refractivity contribution < 1.29 is 14.2 Å². The normalized spacial score (nSPS) is 22.4. The second kappa shape index (κ2) is 6.99. The molecule has 28 heavy (non-hydrogen) atoms. The molecule has 8 nitrogen and oxygen atoms in total. The maximum Gasteiger partial charge on any atom is 0.167 e. The molecular weight excluding hydrogens is 363 g/mol. The van der Waals surface area contributed by atoms with Gasteiger partial charge in [0.2, 0.25) is 0 Å². The first-order valence-corrected chi connectivity index (χ1v) is 9.22. The summed E-state index contributed by atoms with van der Waals surface area (Å²) < 4.78 is 19.8. The van der Waals surface area contributed by atoms with Crippen LogP contribution in [0, 0.1) is 5.82 Å². The SMILES string of the molecule is CC(C)Oc1cc2c(-c3cc(N4CC(O)[C@@H](N)C4C)ncn3)n[nH]c2cc1F. The number of ether oxygens (including phenoxy) is 1. The van der Waals surface area contributed by atoms with Gasteiger partial charge in [-0.1, -0.05) is 0 Å². The largest absolute Gasteiger partial charge is 0.488 e. The van der Waals surface area contributed by atoms with Crippen molar-refractivity contribution in [3.63, 3.8) is 0 Å². The lowest BCUT2D eigenvalue weighted by Crippen LogP contribution is -2.40. The number of β-amino-alcohol motifs (C(OH)–C–C–N with tert-alkyl or cyclic N) is 1. The van der Waals surface area contributed by atoms with E-state index < -0.39 is 11.9 Å². The van der Waals surface area contributed by atoms with Gasteiger partial charge in [0.25, 0.3) is 0 Å². The highest BCUT2D eigenvalue weighted by Gasteiger charge is 2.36. The van der Waals surface area contributed by atoms with E-state index in [1.165, 1.54) is 12.4 Å². The van der Waals surface area contributed by atoms with Crippen LogP contribution in [0.2, 0.25) is 0 Å². The van der Waals surface area contributed by atoms with E-state index in [2.05, 4.69) is 20.2 Å². The zero-order valence-corrected chi connectivity index (χ0v) is 15.9. The van der Waals surface area contributed by atoms with Crippen LogP contribution in [0.4, 0.5) is 10.2 Å². The van der Waals surface area contributed by atoms with Crippen molar-refractivity contribution >= 4 is 16.7 Å². The fourth-order valence-corrected chi connectivity index (χ4v) is 3.51. The number of fused-ring (bicyclic) bond motifs is 1. The Balaban J connectivity index is 1.74. The molecule has 1 saturated heterocycles. The Kier molecular flexibility index (Phi) is 4.64. The summed E-state index contributed by atoms with van der Waals surface area (Å²) in [6, 6.07) is 4.38. The molecule has 3 atom stereocenters. The maximum absolute atomic E-state index is 14.2. The third-order valence-electron chi connectivity index (χ3n) is 5.04. The molecule has 2 aromatic heterocycles. The minimum absolute atomic E-state index is 0.0613. The molecule has 0 aliphatic carbocycles. The molecular formula is C19H23FN6O2. The van der Waals surface area contributed by atoms with E-state index in [0.29, 0.717) is 34.7 Å². The summed E-state index contributed by atoms with van der Waals surface area (Å²) in [7, 11) is 0. The number of hydrogen-bond acceptors (Lipinski definition) is 7. The highest BCUT2D eigenvalue weighted by Crippen LogP contribution is 2.32. The van der Waals surface area contributed by atoms with E-state index >= 15 is 0 Å². The summed E-state index contributed by atoms with van der Waals surface area (Å²) in [5, 5.41) is 17.9. The van der Waals surface area contributed by atoms with E-state index in [1.807, 2.05) is 25.7 Å². The summed E-state index contributed by atoms with van der Waals surface area (Å²) in [6.45, 7) is 6.03. The van der Waals surface area contributed by atoms with Crippen molar-refractivity contribution in [1.82, 2.24) is 20.2 Å². The number of nitrogens with two attached hydrogens (primary N) is 1. The Bertz CT molecular complexity index is 1010. The molecule has 4 N–H and O–H groups in total. The van der Waals surface area contributed by atoms with Gasteiger partial charge in [-0.05, 0) is 26.8 Å². The lowest BCUT2D eigenvalue weighted by Gasteiger charge is -2.23. The van der Waals surface area contributed by atoms with Crippen molar-refractivity contribution in [3.05, 3.63) is 30.3 Å². The smallest absolute Gasteiger partial charge is 0.167 e. The van der Waals surface area contributed by atoms with Gasteiger partial charge in [0, 0.05) is 30.1 Å². The third-order valence-corrected chi connectivity index (χ3v) is 5.04. The van der Waals surface area contributed by atoms with Crippen molar-refractivity contribution in [3.8, 4) is 17.1 Å². The fourth-order valence-electron chi connectivity index (χ4n) is 3.51. The minimum Gasteiger partial charge on any atom is -0.488 e. The third kappa shape index (κ3) is 3.16. The van der Waals surface area contributed by atoms with Gasteiger partial charge in [0.15, 0.2) is 11.6 Å². The van der Waals surface area contributed by atoms with Crippen molar-refractivity contribution in [1.29, 1.82) is 0 Å². The molecule has 0 radical (unpaired) electrons. The molecule has 3 heterocycles. The van der Waals surface area contributed by atoms with Gasteiger partial charge in [-0.3, -0.25) is 5.10 Å². The lowest BCUT2D eigenvalue weighted by molar-refractivity contribution is 0.175. The zero-order valence-electron chi connectivity index (χ0n) is 15.9. The van der Waals surface area contributed by atoms with Crippen LogP contribution in [0.5, 0.6) is 5.75 Å². The summed E-state index contributed by atoms with van der Waals surface area (Å²) in [4.78, 5) is 10.6. The Morgan fingerprint density at radius 3 is 2.79 bits per heavy atom.